The number of urea groups is 1. The average Bonchev–Trinajstić information content (AvgIpc) is 2.34. The number of rotatable bonds is 6. The van der Waals surface area contributed by atoms with E-state index in [2.05, 4.69) is 18.3 Å². The number of carbonyl (C=O) groups excluding carboxylic acids is 1. The lowest BCUT2D eigenvalue weighted by molar-refractivity contribution is 0.0550. The van der Waals surface area contributed by atoms with Crippen molar-refractivity contribution in [2.75, 3.05) is 24.7 Å². The van der Waals surface area contributed by atoms with Crippen LogP contribution in [0.15, 0.2) is 24.3 Å². The fourth-order valence-electron chi connectivity index (χ4n) is 1.83. The van der Waals surface area contributed by atoms with Gasteiger partial charge >= 0.3 is 6.03 Å². The highest BCUT2D eigenvalue weighted by Gasteiger charge is 2.19. The van der Waals surface area contributed by atoms with Crippen LogP contribution in [0, 0.1) is 0 Å². The number of anilines is 1. The molecule has 0 bridgehead atoms. The third kappa shape index (κ3) is 6.30. The Bertz CT molecular complexity index is 444. The van der Waals surface area contributed by atoms with Gasteiger partial charge in [0.2, 0.25) is 0 Å². The molecule has 1 aromatic carbocycles. The van der Waals surface area contributed by atoms with Crippen LogP contribution in [0.1, 0.15) is 26.3 Å². The standard InChI is InChI=1S/C15H24N2O2S/c1-5-20-10-12-7-6-8-13(9-12)16-14(18)17(4)11-15(2,3)19/h6-9,19H,5,10-11H2,1-4H3,(H,16,18). The normalized spacial score (nSPS) is 11.2. The van der Waals surface area contributed by atoms with E-state index in [1.165, 1.54) is 10.5 Å². The van der Waals surface area contributed by atoms with Crippen molar-refractivity contribution in [2.45, 2.75) is 32.1 Å². The fraction of sp³-hybridized carbons (Fsp3) is 0.533. The van der Waals surface area contributed by atoms with E-state index in [0.29, 0.717) is 0 Å². The van der Waals surface area contributed by atoms with E-state index in [-0.39, 0.29) is 12.6 Å². The Morgan fingerprint density at radius 2 is 2.15 bits per heavy atom. The maximum Gasteiger partial charge on any atom is 0.321 e. The molecule has 0 atom stereocenters. The molecule has 0 aromatic heterocycles. The zero-order valence-electron chi connectivity index (χ0n) is 12.6. The predicted molar refractivity (Wildman–Crippen MR) is 86.2 cm³/mol. The summed E-state index contributed by atoms with van der Waals surface area (Å²) in [5, 5.41) is 12.6. The van der Waals surface area contributed by atoms with Crippen LogP contribution in [0.5, 0.6) is 0 Å². The first kappa shape index (κ1) is 16.9. The fourth-order valence-corrected chi connectivity index (χ4v) is 2.45. The monoisotopic (exact) mass is 296 g/mol. The molecule has 0 saturated carbocycles. The third-order valence-corrected chi connectivity index (χ3v) is 3.57. The number of carbonyl (C=O) groups is 1. The summed E-state index contributed by atoms with van der Waals surface area (Å²) in [7, 11) is 1.67. The second-order valence-electron chi connectivity index (χ2n) is 5.44. The minimum atomic E-state index is -0.897. The lowest BCUT2D eigenvalue weighted by Gasteiger charge is -2.25. The van der Waals surface area contributed by atoms with Gasteiger partial charge in [-0.2, -0.15) is 11.8 Å². The van der Waals surface area contributed by atoms with Crippen LogP contribution in [0.4, 0.5) is 10.5 Å². The SMILES string of the molecule is CCSCc1cccc(NC(=O)N(C)CC(C)(C)O)c1. The predicted octanol–water partition coefficient (Wildman–Crippen LogP) is 3.17. The molecule has 0 saturated heterocycles. The van der Waals surface area contributed by atoms with E-state index in [0.717, 1.165) is 17.2 Å². The molecule has 0 unspecified atom stereocenters. The molecule has 0 radical (unpaired) electrons. The van der Waals surface area contributed by atoms with Gasteiger partial charge in [-0.15, -0.1) is 0 Å². The molecular weight excluding hydrogens is 272 g/mol. The zero-order valence-corrected chi connectivity index (χ0v) is 13.5. The third-order valence-electron chi connectivity index (χ3n) is 2.62. The van der Waals surface area contributed by atoms with Crippen LogP contribution in [-0.2, 0) is 5.75 Å². The second-order valence-corrected chi connectivity index (χ2v) is 6.71. The summed E-state index contributed by atoms with van der Waals surface area (Å²) in [4.78, 5) is 13.5. The summed E-state index contributed by atoms with van der Waals surface area (Å²) in [6.45, 7) is 5.77. The van der Waals surface area contributed by atoms with Crippen LogP contribution in [0.2, 0.25) is 0 Å². The lowest BCUT2D eigenvalue weighted by Crippen LogP contribution is -2.41. The molecule has 0 aliphatic rings. The number of aliphatic hydroxyl groups is 1. The molecule has 1 rings (SSSR count). The molecule has 5 heteroatoms. The van der Waals surface area contributed by atoms with Gasteiger partial charge in [0, 0.05) is 18.5 Å². The molecule has 0 aliphatic carbocycles. The highest BCUT2D eigenvalue weighted by atomic mass is 32.2. The molecule has 2 amide bonds. The molecule has 2 N–H and O–H groups in total. The van der Waals surface area contributed by atoms with Crippen molar-refractivity contribution in [3.63, 3.8) is 0 Å². The van der Waals surface area contributed by atoms with E-state index in [9.17, 15) is 9.90 Å². The molecule has 0 fully saturated rings. The topological polar surface area (TPSA) is 52.6 Å². The number of nitrogens with zero attached hydrogens (tertiary/aromatic N) is 1. The van der Waals surface area contributed by atoms with Crippen molar-refractivity contribution in [2.24, 2.45) is 0 Å². The maximum atomic E-state index is 12.0. The van der Waals surface area contributed by atoms with Gasteiger partial charge in [-0.1, -0.05) is 19.1 Å². The first-order valence-corrected chi connectivity index (χ1v) is 7.88. The summed E-state index contributed by atoms with van der Waals surface area (Å²) in [6.07, 6.45) is 0. The largest absolute Gasteiger partial charge is 0.389 e. The summed E-state index contributed by atoms with van der Waals surface area (Å²) in [5.74, 6) is 2.02. The van der Waals surface area contributed by atoms with Crippen molar-refractivity contribution in [3.05, 3.63) is 29.8 Å². The molecule has 4 nitrogen and oxygen atoms in total. The van der Waals surface area contributed by atoms with Crippen molar-refractivity contribution >= 4 is 23.5 Å². The highest BCUT2D eigenvalue weighted by Crippen LogP contribution is 2.17. The molecule has 1 aromatic rings. The highest BCUT2D eigenvalue weighted by molar-refractivity contribution is 7.98. The lowest BCUT2D eigenvalue weighted by atomic mass is 10.1. The Morgan fingerprint density at radius 3 is 2.75 bits per heavy atom. The van der Waals surface area contributed by atoms with Crippen LogP contribution < -0.4 is 5.32 Å². The molecule has 0 heterocycles. The number of benzene rings is 1. The van der Waals surface area contributed by atoms with Gasteiger partial charge in [-0.3, -0.25) is 0 Å². The first-order valence-electron chi connectivity index (χ1n) is 6.73. The van der Waals surface area contributed by atoms with E-state index in [1.807, 2.05) is 30.0 Å². The second kappa shape index (κ2) is 7.55. The van der Waals surface area contributed by atoms with Crippen LogP contribution in [-0.4, -0.2) is 41.0 Å². The average molecular weight is 296 g/mol. The Kier molecular flexibility index (Phi) is 6.36. The molecule has 0 spiro atoms. The Labute approximate surface area is 125 Å². The number of likely N-dealkylation sites (N-methyl/N-ethyl adjacent to an activating group) is 1. The number of hydrogen-bond donors (Lipinski definition) is 2. The summed E-state index contributed by atoms with van der Waals surface area (Å²) in [6, 6.07) is 7.64. The summed E-state index contributed by atoms with van der Waals surface area (Å²) < 4.78 is 0. The number of nitrogens with one attached hydrogen (secondary N) is 1. The van der Waals surface area contributed by atoms with Gasteiger partial charge in [-0.25, -0.2) is 4.79 Å². The van der Waals surface area contributed by atoms with E-state index < -0.39 is 5.60 Å². The summed E-state index contributed by atoms with van der Waals surface area (Å²) >= 11 is 1.85. The minimum absolute atomic E-state index is 0.215. The Balaban J connectivity index is 2.61. The van der Waals surface area contributed by atoms with Crippen LogP contribution >= 0.6 is 11.8 Å². The van der Waals surface area contributed by atoms with Gasteiger partial charge in [0.25, 0.3) is 0 Å². The van der Waals surface area contributed by atoms with Crippen LogP contribution in [0.3, 0.4) is 0 Å². The van der Waals surface area contributed by atoms with E-state index >= 15 is 0 Å². The number of amides is 2. The zero-order chi connectivity index (χ0) is 15.2. The minimum Gasteiger partial charge on any atom is -0.389 e. The van der Waals surface area contributed by atoms with Gasteiger partial charge in [0.15, 0.2) is 0 Å². The molecule has 20 heavy (non-hydrogen) atoms. The number of hydrogen-bond acceptors (Lipinski definition) is 3. The van der Waals surface area contributed by atoms with Gasteiger partial charge < -0.3 is 15.3 Å². The Hall–Kier alpha value is -1.20. The number of thioether (sulfide) groups is 1. The van der Waals surface area contributed by atoms with Gasteiger partial charge in [0.1, 0.15) is 0 Å². The van der Waals surface area contributed by atoms with Gasteiger partial charge in [0.05, 0.1) is 12.1 Å². The van der Waals surface area contributed by atoms with E-state index in [4.69, 9.17) is 0 Å². The van der Waals surface area contributed by atoms with Crippen molar-refractivity contribution in [3.8, 4) is 0 Å². The van der Waals surface area contributed by atoms with E-state index in [1.54, 1.807) is 20.9 Å². The van der Waals surface area contributed by atoms with Gasteiger partial charge in [-0.05, 0) is 37.3 Å². The smallest absolute Gasteiger partial charge is 0.321 e. The summed E-state index contributed by atoms with van der Waals surface area (Å²) in [5.41, 5.74) is 1.08. The molecule has 0 aliphatic heterocycles. The molecule has 112 valence electrons. The van der Waals surface area contributed by atoms with Crippen molar-refractivity contribution in [1.82, 2.24) is 4.90 Å². The first-order chi connectivity index (χ1) is 9.31. The van der Waals surface area contributed by atoms with Crippen molar-refractivity contribution < 1.29 is 9.90 Å². The Morgan fingerprint density at radius 1 is 1.45 bits per heavy atom. The quantitative estimate of drug-likeness (QED) is 0.847. The van der Waals surface area contributed by atoms with Crippen LogP contribution in [0.25, 0.3) is 0 Å². The maximum absolute atomic E-state index is 12.0. The molecular formula is C15H24N2O2S. The van der Waals surface area contributed by atoms with Crippen molar-refractivity contribution in [1.29, 1.82) is 0 Å².